The molecule has 136 valence electrons. The minimum absolute atomic E-state index is 0.829. The van der Waals surface area contributed by atoms with Crippen LogP contribution in [0, 0.1) is 13.8 Å². The van der Waals surface area contributed by atoms with E-state index < -0.39 is 0 Å². The van der Waals surface area contributed by atoms with E-state index in [0.717, 1.165) is 45.5 Å². The van der Waals surface area contributed by atoms with Crippen molar-refractivity contribution < 1.29 is 14.1 Å². The molecule has 1 aliphatic heterocycles. The zero-order chi connectivity index (χ0) is 19.0. The second-order valence-electron chi connectivity index (χ2n) is 6.85. The molecule has 0 amide bonds. The van der Waals surface area contributed by atoms with Crippen LogP contribution in [-0.2, 0) is 0 Å². The molecule has 1 heterocycles. The molecule has 0 fully saturated rings. The van der Waals surface area contributed by atoms with Gasteiger partial charge in [-0.15, -0.1) is 0 Å². The van der Waals surface area contributed by atoms with Gasteiger partial charge in [-0.25, -0.2) is 4.99 Å². The van der Waals surface area contributed by atoms with Crippen molar-refractivity contribution >= 4 is 11.0 Å². The van der Waals surface area contributed by atoms with Crippen LogP contribution in [0.4, 0.5) is 0 Å². The Hall–Kier alpha value is -3.07. The summed E-state index contributed by atoms with van der Waals surface area (Å²) in [7, 11) is 1.69. The zero-order valence-electron chi connectivity index (χ0n) is 16.2. The SMILES string of the molecule is CC[NH+]=c1cc2oc3cc(OC)c(C)cc3c(-c3ccccc3)c-2cc1C. The molecule has 0 atom stereocenters. The summed E-state index contributed by atoms with van der Waals surface area (Å²) in [6.45, 7) is 7.18. The predicted molar refractivity (Wildman–Crippen MR) is 109 cm³/mol. The number of fused-ring (bicyclic) bond motifs is 2. The van der Waals surface area contributed by atoms with E-state index in [9.17, 15) is 0 Å². The van der Waals surface area contributed by atoms with Gasteiger partial charge < -0.3 is 9.15 Å². The number of hydrogen-bond acceptors (Lipinski definition) is 2. The Bertz CT molecular complexity index is 1160. The Balaban J connectivity index is 2.19. The van der Waals surface area contributed by atoms with Crippen LogP contribution in [0.3, 0.4) is 0 Å². The molecule has 0 unspecified atom stereocenters. The average Bonchev–Trinajstić information content (AvgIpc) is 2.68. The van der Waals surface area contributed by atoms with Crippen molar-refractivity contribution in [2.45, 2.75) is 20.8 Å². The summed E-state index contributed by atoms with van der Waals surface area (Å²) in [5.74, 6) is 1.71. The Morgan fingerprint density at radius 1 is 0.963 bits per heavy atom. The van der Waals surface area contributed by atoms with E-state index in [1.165, 1.54) is 16.7 Å². The van der Waals surface area contributed by atoms with Gasteiger partial charge in [0.1, 0.15) is 23.6 Å². The number of methoxy groups -OCH3 is 1. The predicted octanol–water partition coefficient (Wildman–Crippen LogP) is 3.83. The summed E-state index contributed by atoms with van der Waals surface area (Å²) in [5, 5.41) is 2.20. The summed E-state index contributed by atoms with van der Waals surface area (Å²) in [6.07, 6.45) is 0. The minimum Gasteiger partial charge on any atom is -0.496 e. The number of benzene rings is 3. The number of nitrogens with one attached hydrogen (secondary N) is 1. The number of ether oxygens (including phenoxy) is 1. The van der Waals surface area contributed by atoms with E-state index >= 15 is 0 Å². The lowest BCUT2D eigenvalue weighted by Gasteiger charge is -2.17. The quantitative estimate of drug-likeness (QED) is 0.565. The minimum atomic E-state index is 0.829. The third-order valence-corrected chi connectivity index (χ3v) is 5.01. The van der Waals surface area contributed by atoms with Crippen molar-refractivity contribution in [3.8, 4) is 28.2 Å². The van der Waals surface area contributed by atoms with Gasteiger partial charge >= 0.3 is 0 Å². The number of aryl methyl sites for hydroxylation is 2. The molecule has 0 saturated carbocycles. The van der Waals surface area contributed by atoms with Crippen LogP contribution in [0.15, 0.2) is 59.0 Å². The second-order valence-corrected chi connectivity index (χ2v) is 6.85. The molecule has 1 aliphatic carbocycles. The van der Waals surface area contributed by atoms with Crippen LogP contribution in [0.5, 0.6) is 5.75 Å². The second kappa shape index (κ2) is 6.92. The molecule has 3 nitrogen and oxygen atoms in total. The molecule has 0 radical (unpaired) electrons. The van der Waals surface area contributed by atoms with E-state index in [-0.39, 0.29) is 0 Å². The molecule has 2 aliphatic rings. The summed E-state index contributed by atoms with van der Waals surface area (Å²) in [5.41, 5.74) is 6.64. The molecule has 0 saturated heterocycles. The molecule has 2 aromatic rings. The molecule has 0 aromatic heterocycles. The maximum atomic E-state index is 6.33. The highest BCUT2D eigenvalue weighted by atomic mass is 16.5. The van der Waals surface area contributed by atoms with Gasteiger partial charge in [0.15, 0.2) is 0 Å². The zero-order valence-corrected chi connectivity index (χ0v) is 16.2. The van der Waals surface area contributed by atoms with Gasteiger partial charge in [-0.1, -0.05) is 30.3 Å². The van der Waals surface area contributed by atoms with Gasteiger partial charge in [-0.2, -0.15) is 0 Å². The molecule has 1 N–H and O–H groups in total. The molecule has 3 heteroatoms. The average molecular weight is 358 g/mol. The number of hydrogen-bond donors (Lipinski definition) is 1. The van der Waals surface area contributed by atoms with Gasteiger partial charge in [-0.3, -0.25) is 0 Å². The number of rotatable bonds is 3. The lowest BCUT2D eigenvalue weighted by molar-refractivity contribution is -0.496. The van der Waals surface area contributed by atoms with E-state index in [2.05, 4.69) is 68.2 Å². The molecule has 4 rings (SSSR count). The van der Waals surface area contributed by atoms with E-state index in [4.69, 9.17) is 9.15 Å². The molecule has 27 heavy (non-hydrogen) atoms. The summed E-state index contributed by atoms with van der Waals surface area (Å²) >= 11 is 0. The van der Waals surface area contributed by atoms with Crippen molar-refractivity contribution in [3.05, 3.63) is 71.1 Å². The summed E-state index contributed by atoms with van der Waals surface area (Å²) in [4.78, 5) is 3.42. The van der Waals surface area contributed by atoms with E-state index in [1.807, 2.05) is 12.1 Å². The molecule has 0 bridgehead atoms. The van der Waals surface area contributed by atoms with Gasteiger partial charge in [0.2, 0.25) is 5.36 Å². The van der Waals surface area contributed by atoms with Crippen LogP contribution in [0.2, 0.25) is 0 Å². The van der Waals surface area contributed by atoms with Crippen molar-refractivity contribution in [3.63, 3.8) is 0 Å². The third kappa shape index (κ3) is 2.99. The van der Waals surface area contributed by atoms with Gasteiger partial charge in [0.25, 0.3) is 0 Å². The van der Waals surface area contributed by atoms with E-state index in [0.29, 0.717) is 0 Å². The smallest absolute Gasteiger partial charge is 0.204 e. The molecule has 2 aromatic carbocycles. The van der Waals surface area contributed by atoms with Crippen molar-refractivity contribution in [2.75, 3.05) is 13.7 Å². The van der Waals surface area contributed by atoms with Crippen molar-refractivity contribution in [2.24, 2.45) is 0 Å². The van der Waals surface area contributed by atoms with Crippen LogP contribution in [-0.4, -0.2) is 13.7 Å². The first-order chi connectivity index (χ1) is 13.1. The monoisotopic (exact) mass is 358 g/mol. The van der Waals surface area contributed by atoms with Crippen molar-refractivity contribution in [1.82, 2.24) is 0 Å². The van der Waals surface area contributed by atoms with Gasteiger partial charge in [-0.05, 0) is 44.0 Å². The third-order valence-electron chi connectivity index (χ3n) is 5.01. The molecule has 0 spiro atoms. The highest BCUT2D eigenvalue weighted by molar-refractivity contribution is 6.02. The first-order valence-electron chi connectivity index (χ1n) is 9.30. The fourth-order valence-electron chi connectivity index (χ4n) is 3.70. The normalized spacial score (nSPS) is 12.1. The van der Waals surface area contributed by atoms with Gasteiger partial charge in [0, 0.05) is 28.1 Å². The Kier molecular flexibility index (Phi) is 4.44. The largest absolute Gasteiger partial charge is 0.496 e. The highest BCUT2D eigenvalue weighted by Gasteiger charge is 2.20. The first kappa shape index (κ1) is 17.3. The topological polar surface area (TPSA) is 36.3 Å². The lowest BCUT2D eigenvalue weighted by Crippen LogP contribution is -2.76. The Morgan fingerprint density at radius 2 is 1.74 bits per heavy atom. The fourth-order valence-corrected chi connectivity index (χ4v) is 3.70. The van der Waals surface area contributed by atoms with Crippen LogP contribution < -0.4 is 15.1 Å². The Morgan fingerprint density at radius 3 is 2.44 bits per heavy atom. The maximum absolute atomic E-state index is 6.33. The van der Waals surface area contributed by atoms with Crippen LogP contribution in [0.25, 0.3) is 33.4 Å². The van der Waals surface area contributed by atoms with Crippen LogP contribution in [0.1, 0.15) is 18.1 Å². The van der Waals surface area contributed by atoms with E-state index in [1.54, 1.807) is 7.11 Å². The Labute approximate surface area is 159 Å². The summed E-state index contributed by atoms with van der Waals surface area (Å²) < 4.78 is 11.8. The first-order valence-corrected chi connectivity index (χ1v) is 9.30. The highest BCUT2D eigenvalue weighted by Crippen LogP contribution is 2.41. The van der Waals surface area contributed by atoms with Gasteiger partial charge in [0.05, 0.1) is 13.2 Å². The maximum Gasteiger partial charge on any atom is 0.204 e. The van der Waals surface area contributed by atoms with Crippen molar-refractivity contribution in [1.29, 1.82) is 0 Å². The fraction of sp³-hybridized carbons (Fsp3) is 0.208. The van der Waals surface area contributed by atoms with Crippen LogP contribution >= 0.6 is 0 Å². The lowest BCUT2D eigenvalue weighted by atomic mass is 9.92. The molecular weight excluding hydrogens is 334 g/mol. The molecular formula is C24H24NO2+. The summed E-state index contributed by atoms with van der Waals surface area (Å²) in [6, 6.07) is 19.0. The standard InChI is InChI=1S/C24H23NO2/c1-5-25-20-13-22-18(11-15(20)2)24(17-9-7-6-8-10-17)19-12-16(3)21(26-4)14-23(19)27-22/h6-14H,5H2,1-4H3/p+1.